The monoisotopic (exact) mass is 398 g/mol. The number of hydrogen-bond acceptors (Lipinski definition) is 4. The number of hydrogen-bond donors (Lipinski definition) is 0. The van der Waals surface area contributed by atoms with Crippen LogP contribution in [0, 0.1) is 0 Å². The molecule has 1 heterocycles. The molecule has 2 aromatic carbocycles. The van der Waals surface area contributed by atoms with Gasteiger partial charge in [-0.3, -0.25) is 9.69 Å². The Morgan fingerprint density at radius 2 is 1.71 bits per heavy atom. The molecule has 2 aliphatic rings. The molecule has 0 unspecified atom stereocenters. The smallest absolute Gasteiger partial charge is 0.253 e. The number of sulfone groups is 1. The summed E-state index contributed by atoms with van der Waals surface area (Å²) in [5.74, 6) is 0.643. The Balaban J connectivity index is 1.39. The molecule has 4 rings (SSSR count). The van der Waals surface area contributed by atoms with E-state index in [1.165, 1.54) is 36.1 Å². The molecule has 0 radical (unpaired) electrons. The third kappa shape index (κ3) is 4.28. The molecule has 2 aromatic rings. The van der Waals surface area contributed by atoms with Crippen LogP contribution in [0.2, 0.25) is 0 Å². The Morgan fingerprint density at radius 1 is 1.00 bits per heavy atom. The van der Waals surface area contributed by atoms with Crippen molar-refractivity contribution in [3.63, 3.8) is 0 Å². The van der Waals surface area contributed by atoms with Crippen LogP contribution in [0.5, 0.6) is 0 Å². The lowest BCUT2D eigenvalue weighted by atomic mass is 10.0. The standard InChI is InChI=1S/C22H26N2O3S/c1-28(26,27)20-7-4-6-18(15-20)22(25)24-13-11-23(12-14-24)16-19-5-2-3-8-21(19)17-9-10-17/h2-8,15,17H,9-14,16H2,1H3. The van der Waals surface area contributed by atoms with E-state index in [0.717, 1.165) is 31.8 Å². The molecule has 5 nitrogen and oxygen atoms in total. The fourth-order valence-corrected chi connectivity index (χ4v) is 4.53. The van der Waals surface area contributed by atoms with Gasteiger partial charge in [-0.2, -0.15) is 0 Å². The van der Waals surface area contributed by atoms with E-state index in [1.807, 2.05) is 4.90 Å². The lowest BCUT2D eigenvalue weighted by molar-refractivity contribution is 0.0628. The molecular weight excluding hydrogens is 372 g/mol. The van der Waals surface area contributed by atoms with E-state index < -0.39 is 9.84 Å². The fourth-order valence-electron chi connectivity index (χ4n) is 3.86. The fraction of sp³-hybridized carbons (Fsp3) is 0.409. The van der Waals surface area contributed by atoms with Gasteiger partial charge < -0.3 is 4.90 Å². The van der Waals surface area contributed by atoms with E-state index in [0.29, 0.717) is 18.7 Å². The summed E-state index contributed by atoms with van der Waals surface area (Å²) in [7, 11) is -3.32. The number of amides is 1. The van der Waals surface area contributed by atoms with Crippen molar-refractivity contribution in [1.82, 2.24) is 9.80 Å². The van der Waals surface area contributed by atoms with Crippen LogP contribution >= 0.6 is 0 Å². The first-order valence-corrected chi connectivity index (χ1v) is 11.7. The number of nitrogens with zero attached hydrogens (tertiary/aromatic N) is 2. The van der Waals surface area contributed by atoms with Crippen molar-refractivity contribution in [3.05, 3.63) is 65.2 Å². The Bertz CT molecular complexity index is 975. The van der Waals surface area contributed by atoms with Crippen molar-refractivity contribution >= 4 is 15.7 Å². The van der Waals surface area contributed by atoms with Crippen molar-refractivity contribution in [3.8, 4) is 0 Å². The van der Waals surface area contributed by atoms with E-state index in [9.17, 15) is 13.2 Å². The Kier molecular flexibility index (Phi) is 5.25. The van der Waals surface area contributed by atoms with Gasteiger partial charge in [0.05, 0.1) is 4.90 Å². The van der Waals surface area contributed by atoms with Gasteiger partial charge in [0.25, 0.3) is 5.91 Å². The maximum atomic E-state index is 12.8. The Hall–Kier alpha value is -2.18. The highest BCUT2D eigenvalue weighted by atomic mass is 32.2. The van der Waals surface area contributed by atoms with E-state index in [4.69, 9.17) is 0 Å². The number of rotatable bonds is 5. The summed E-state index contributed by atoms with van der Waals surface area (Å²) in [5.41, 5.74) is 3.33. The molecule has 0 atom stereocenters. The third-order valence-corrected chi connectivity index (χ3v) is 6.75. The zero-order valence-corrected chi connectivity index (χ0v) is 17.0. The third-order valence-electron chi connectivity index (χ3n) is 5.63. The molecular formula is C22H26N2O3S. The van der Waals surface area contributed by atoms with Crippen LogP contribution < -0.4 is 0 Å². The van der Waals surface area contributed by atoms with Gasteiger partial charge in [0.1, 0.15) is 0 Å². The minimum atomic E-state index is -3.32. The Morgan fingerprint density at radius 3 is 2.39 bits per heavy atom. The molecule has 0 aromatic heterocycles. The van der Waals surface area contributed by atoms with Gasteiger partial charge in [-0.05, 0) is 48.1 Å². The number of benzene rings is 2. The maximum absolute atomic E-state index is 12.8. The summed E-state index contributed by atoms with van der Waals surface area (Å²) in [5, 5.41) is 0. The van der Waals surface area contributed by atoms with E-state index in [2.05, 4.69) is 29.2 Å². The zero-order chi connectivity index (χ0) is 19.7. The molecule has 6 heteroatoms. The molecule has 1 aliphatic carbocycles. The van der Waals surface area contributed by atoms with Gasteiger partial charge in [0.15, 0.2) is 9.84 Å². The topological polar surface area (TPSA) is 57.7 Å². The first kappa shape index (κ1) is 19.2. The van der Waals surface area contributed by atoms with Crippen LogP contribution in [0.1, 0.15) is 40.2 Å². The average molecular weight is 399 g/mol. The van der Waals surface area contributed by atoms with Crippen molar-refractivity contribution < 1.29 is 13.2 Å². The summed E-state index contributed by atoms with van der Waals surface area (Å²) in [6.45, 7) is 3.91. The van der Waals surface area contributed by atoms with E-state index in [1.54, 1.807) is 12.1 Å². The second kappa shape index (κ2) is 7.68. The van der Waals surface area contributed by atoms with Crippen LogP contribution in [0.3, 0.4) is 0 Å². The quantitative estimate of drug-likeness (QED) is 0.777. The summed E-state index contributed by atoms with van der Waals surface area (Å²) in [6, 6.07) is 15.0. The summed E-state index contributed by atoms with van der Waals surface area (Å²) in [4.78, 5) is 17.2. The minimum absolute atomic E-state index is 0.0940. The van der Waals surface area contributed by atoms with Crippen LogP contribution in [0.4, 0.5) is 0 Å². The second-order valence-electron chi connectivity index (χ2n) is 7.84. The van der Waals surface area contributed by atoms with E-state index in [-0.39, 0.29) is 10.8 Å². The lowest BCUT2D eigenvalue weighted by Crippen LogP contribution is -2.48. The van der Waals surface area contributed by atoms with Gasteiger partial charge >= 0.3 is 0 Å². The molecule has 1 saturated carbocycles. The van der Waals surface area contributed by atoms with Crippen molar-refractivity contribution in [2.24, 2.45) is 0 Å². The average Bonchev–Trinajstić information content (AvgIpc) is 3.53. The summed E-state index contributed by atoms with van der Waals surface area (Å²) in [6.07, 6.45) is 3.76. The normalized spacial score (nSPS) is 18.2. The highest BCUT2D eigenvalue weighted by Gasteiger charge is 2.27. The summed E-state index contributed by atoms with van der Waals surface area (Å²) >= 11 is 0. The predicted octanol–water partition coefficient (Wildman–Crippen LogP) is 2.93. The summed E-state index contributed by atoms with van der Waals surface area (Å²) < 4.78 is 23.5. The molecule has 2 fully saturated rings. The largest absolute Gasteiger partial charge is 0.336 e. The van der Waals surface area contributed by atoms with Crippen LogP contribution in [0.15, 0.2) is 53.4 Å². The first-order chi connectivity index (χ1) is 13.4. The molecule has 28 heavy (non-hydrogen) atoms. The molecule has 1 aliphatic heterocycles. The van der Waals surface area contributed by atoms with Gasteiger partial charge in [-0.1, -0.05) is 30.3 Å². The van der Waals surface area contributed by atoms with E-state index >= 15 is 0 Å². The molecule has 0 N–H and O–H groups in total. The van der Waals surface area contributed by atoms with Gasteiger partial charge in [0, 0.05) is 44.5 Å². The SMILES string of the molecule is CS(=O)(=O)c1cccc(C(=O)N2CCN(Cc3ccccc3C3CC3)CC2)c1. The van der Waals surface area contributed by atoms with Gasteiger partial charge in [0.2, 0.25) is 0 Å². The molecule has 0 spiro atoms. The number of piperazine rings is 1. The number of carbonyl (C=O) groups is 1. The molecule has 1 saturated heterocycles. The van der Waals surface area contributed by atoms with Crippen molar-refractivity contribution in [1.29, 1.82) is 0 Å². The molecule has 148 valence electrons. The maximum Gasteiger partial charge on any atom is 0.253 e. The highest BCUT2D eigenvalue weighted by molar-refractivity contribution is 7.90. The first-order valence-electron chi connectivity index (χ1n) is 9.81. The lowest BCUT2D eigenvalue weighted by Gasteiger charge is -2.35. The zero-order valence-electron chi connectivity index (χ0n) is 16.2. The Labute approximate surface area is 166 Å². The molecule has 0 bridgehead atoms. The minimum Gasteiger partial charge on any atom is -0.336 e. The predicted molar refractivity (Wildman–Crippen MR) is 109 cm³/mol. The van der Waals surface area contributed by atoms with Gasteiger partial charge in [-0.15, -0.1) is 0 Å². The second-order valence-corrected chi connectivity index (χ2v) is 9.86. The highest BCUT2D eigenvalue weighted by Crippen LogP contribution is 2.41. The van der Waals surface area contributed by atoms with Crippen molar-refractivity contribution in [2.45, 2.75) is 30.2 Å². The molecule has 1 amide bonds. The van der Waals surface area contributed by atoms with Crippen LogP contribution in [-0.2, 0) is 16.4 Å². The van der Waals surface area contributed by atoms with Crippen LogP contribution in [-0.4, -0.2) is 56.6 Å². The van der Waals surface area contributed by atoms with Crippen LogP contribution in [0.25, 0.3) is 0 Å². The van der Waals surface area contributed by atoms with Gasteiger partial charge in [-0.25, -0.2) is 8.42 Å². The van der Waals surface area contributed by atoms with Crippen molar-refractivity contribution in [2.75, 3.05) is 32.4 Å². The number of carbonyl (C=O) groups excluding carboxylic acids is 1.